The van der Waals surface area contributed by atoms with Gasteiger partial charge in [0.15, 0.2) is 0 Å². The Hall–Kier alpha value is -2.31. The second kappa shape index (κ2) is 5.55. The highest BCUT2D eigenvalue weighted by molar-refractivity contribution is 5.77. The van der Waals surface area contributed by atoms with Gasteiger partial charge in [-0.25, -0.2) is 0 Å². The third-order valence-electron chi connectivity index (χ3n) is 3.05. The molecule has 0 bridgehead atoms. The first-order chi connectivity index (χ1) is 9.09. The smallest absolute Gasteiger partial charge is 0.303 e. The Kier molecular flexibility index (Phi) is 3.84. The summed E-state index contributed by atoms with van der Waals surface area (Å²) in [6.07, 6.45) is 1.22. The van der Waals surface area contributed by atoms with E-state index in [1.54, 1.807) is 6.07 Å². The van der Waals surface area contributed by atoms with Crippen LogP contribution in [-0.4, -0.2) is 29.1 Å². The average Bonchev–Trinajstić information content (AvgIpc) is 2.82. The fourth-order valence-corrected chi connectivity index (χ4v) is 2.19. The summed E-state index contributed by atoms with van der Waals surface area (Å²) < 4.78 is 0. The highest BCUT2D eigenvalue weighted by Gasteiger charge is 2.23. The highest BCUT2D eigenvalue weighted by atomic mass is 16.6. The number of carbonyl (C=O) groups is 1. The number of aliphatic carboxylic acids is 1. The third kappa shape index (κ3) is 2.93. The zero-order valence-corrected chi connectivity index (χ0v) is 10.3. The van der Waals surface area contributed by atoms with Gasteiger partial charge in [0.25, 0.3) is 5.69 Å². The monoisotopic (exact) mass is 265 g/mol. The summed E-state index contributed by atoms with van der Waals surface area (Å²) in [5, 5.41) is 25.7. The minimum Gasteiger partial charge on any atom is -0.481 e. The number of hydrogen-bond acceptors (Lipinski definition) is 5. The number of rotatable bonds is 6. The van der Waals surface area contributed by atoms with Gasteiger partial charge in [0, 0.05) is 36.8 Å². The van der Waals surface area contributed by atoms with Crippen LogP contribution in [0, 0.1) is 10.1 Å². The number of nitrogens with zero attached hydrogens (tertiary/aromatic N) is 1. The minimum atomic E-state index is -0.865. The highest BCUT2D eigenvalue weighted by Crippen LogP contribution is 2.36. The van der Waals surface area contributed by atoms with Crippen LogP contribution in [0.5, 0.6) is 0 Å². The van der Waals surface area contributed by atoms with Crippen LogP contribution in [0.4, 0.5) is 17.1 Å². The fourth-order valence-electron chi connectivity index (χ4n) is 2.19. The number of nitro groups is 1. The van der Waals surface area contributed by atoms with Crippen LogP contribution in [0.25, 0.3) is 0 Å². The van der Waals surface area contributed by atoms with E-state index in [0.717, 1.165) is 24.2 Å². The molecule has 2 rings (SSSR count). The zero-order chi connectivity index (χ0) is 13.8. The molecule has 0 radical (unpaired) electrons. The lowest BCUT2D eigenvalue weighted by molar-refractivity contribution is -0.384. The van der Waals surface area contributed by atoms with Crippen LogP contribution in [0.1, 0.15) is 18.4 Å². The molecule has 0 aromatic heterocycles. The second-order valence-corrected chi connectivity index (χ2v) is 4.34. The van der Waals surface area contributed by atoms with E-state index in [2.05, 4.69) is 10.6 Å². The molecule has 1 aliphatic rings. The van der Waals surface area contributed by atoms with Gasteiger partial charge in [-0.1, -0.05) is 0 Å². The molecular weight excluding hydrogens is 250 g/mol. The maximum atomic E-state index is 11.0. The number of hydrogen-bond donors (Lipinski definition) is 3. The first-order valence-electron chi connectivity index (χ1n) is 6.09. The second-order valence-electron chi connectivity index (χ2n) is 4.34. The van der Waals surface area contributed by atoms with Gasteiger partial charge in [-0.2, -0.15) is 0 Å². The molecule has 3 N–H and O–H groups in total. The van der Waals surface area contributed by atoms with Crippen molar-refractivity contribution in [1.82, 2.24) is 0 Å². The number of nitro benzene ring substituents is 1. The van der Waals surface area contributed by atoms with Crippen molar-refractivity contribution >= 4 is 23.0 Å². The first kappa shape index (κ1) is 13.1. The molecule has 1 aromatic carbocycles. The van der Waals surface area contributed by atoms with Gasteiger partial charge < -0.3 is 15.7 Å². The molecule has 0 saturated carbocycles. The number of carboxylic acid groups (broad SMARTS) is 1. The summed E-state index contributed by atoms with van der Waals surface area (Å²) in [6, 6.07) is 3.18. The largest absolute Gasteiger partial charge is 0.481 e. The Labute approximate surface area is 109 Å². The topological polar surface area (TPSA) is 104 Å². The van der Waals surface area contributed by atoms with Crippen molar-refractivity contribution in [1.29, 1.82) is 0 Å². The van der Waals surface area contributed by atoms with Crippen LogP contribution in [0.15, 0.2) is 12.1 Å². The van der Waals surface area contributed by atoms with Gasteiger partial charge in [0.1, 0.15) is 5.69 Å². The molecule has 102 valence electrons. The van der Waals surface area contributed by atoms with Crippen LogP contribution in [-0.2, 0) is 11.2 Å². The van der Waals surface area contributed by atoms with Crippen molar-refractivity contribution < 1.29 is 14.8 Å². The first-order valence-corrected chi connectivity index (χ1v) is 6.09. The van der Waals surface area contributed by atoms with Crippen molar-refractivity contribution in [3.8, 4) is 0 Å². The molecular formula is C12H15N3O4. The zero-order valence-electron chi connectivity index (χ0n) is 10.3. The lowest BCUT2D eigenvalue weighted by Gasteiger charge is -2.11. The van der Waals surface area contributed by atoms with E-state index in [0.29, 0.717) is 18.7 Å². The van der Waals surface area contributed by atoms with Crippen molar-refractivity contribution in [3.05, 3.63) is 27.8 Å². The van der Waals surface area contributed by atoms with Gasteiger partial charge in [0.05, 0.1) is 4.92 Å². The molecule has 19 heavy (non-hydrogen) atoms. The maximum absolute atomic E-state index is 11.0. The van der Waals surface area contributed by atoms with E-state index in [1.807, 2.05) is 0 Å². The summed E-state index contributed by atoms with van der Waals surface area (Å²) in [4.78, 5) is 21.0. The molecule has 1 heterocycles. The summed E-state index contributed by atoms with van der Waals surface area (Å²) in [7, 11) is 0. The number of anilines is 2. The van der Waals surface area contributed by atoms with Gasteiger partial charge in [-0.05, 0) is 18.9 Å². The molecule has 7 heteroatoms. The van der Waals surface area contributed by atoms with Crippen LogP contribution in [0.2, 0.25) is 0 Å². The summed E-state index contributed by atoms with van der Waals surface area (Å²) in [6.45, 7) is 1.17. The Morgan fingerprint density at radius 1 is 1.53 bits per heavy atom. The van der Waals surface area contributed by atoms with Crippen molar-refractivity contribution in [2.24, 2.45) is 0 Å². The van der Waals surface area contributed by atoms with E-state index in [-0.39, 0.29) is 12.1 Å². The summed E-state index contributed by atoms with van der Waals surface area (Å²) in [5.74, 6) is -0.865. The van der Waals surface area contributed by atoms with Crippen LogP contribution in [0.3, 0.4) is 0 Å². The Bertz CT molecular complexity index is 516. The number of carboxylic acids is 1. The van der Waals surface area contributed by atoms with Gasteiger partial charge in [0.2, 0.25) is 0 Å². The molecule has 0 spiro atoms. The molecule has 1 aliphatic heterocycles. The maximum Gasteiger partial charge on any atom is 0.303 e. The SMILES string of the molecule is O=C(O)CCCNc1c([N+](=O)[O-])ccc2c1CCN2. The van der Waals surface area contributed by atoms with Gasteiger partial charge >= 0.3 is 5.97 Å². The molecule has 7 nitrogen and oxygen atoms in total. The summed E-state index contributed by atoms with van der Waals surface area (Å²) >= 11 is 0. The average molecular weight is 265 g/mol. The number of benzene rings is 1. The van der Waals surface area contributed by atoms with Crippen molar-refractivity contribution in [2.45, 2.75) is 19.3 Å². The van der Waals surface area contributed by atoms with Gasteiger partial charge in [-0.3, -0.25) is 14.9 Å². The minimum absolute atomic E-state index is 0.0396. The molecule has 0 saturated heterocycles. The molecule has 0 fully saturated rings. The molecule has 0 atom stereocenters. The third-order valence-corrected chi connectivity index (χ3v) is 3.05. The van der Waals surface area contributed by atoms with Gasteiger partial charge in [-0.15, -0.1) is 0 Å². The fraction of sp³-hybridized carbons (Fsp3) is 0.417. The summed E-state index contributed by atoms with van der Waals surface area (Å²) in [5.41, 5.74) is 2.37. The van der Waals surface area contributed by atoms with E-state index < -0.39 is 10.9 Å². The lowest BCUT2D eigenvalue weighted by atomic mass is 10.1. The van der Waals surface area contributed by atoms with E-state index in [1.165, 1.54) is 6.07 Å². The van der Waals surface area contributed by atoms with E-state index in [4.69, 9.17) is 5.11 Å². The number of nitrogens with one attached hydrogen (secondary N) is 2. The predicted molar refractivity (Wildman–Crippen MR) is 70.6 cm³/mol. The standard InChI is InChI=1S/C12H15N3O4/c16-11(17)2-1-6-14-12-8-5-7-13-9(8)3-4-10(12)15(18)19/h3-4,13-14H,1-2,5-7H2,(H,16,17). The molecule has 1 aromatic rings. The van der Waals surface area contributed by atoms with E-state index in [9.17, 15) is 14.9 Å². The van der Waals surface area contributed by atoms with Crippen LogP contribution >= 0.6 is 0 Å². The normalized spacial score (nSPS) is 12.6. The van der Waals surface area contributed by atoms with Crippen LogP contribution < -0.4 is 10.6 Å². The lowest BCUT2D eigenvalue weighted by Crippen LogP contribution is -2.08. The quantitative estimate of drug-likeness (QED) is 0.412. The number of fused-ring (bicyclic) bond motifs is 1. The van der Waals surface area contributed by atoms with Crippen molar-refractivity contribution in [2.75, 3.05) is 23.7 Å². The Balaban J connectivity index is 2.15. The van der Waals surface area contributed by atoms with E-state index >= 15 is 0 Å². The Morgan fingerprint density at radius 2 is 2.32 bits per heavy atom. The molecule has 0 aliphatic carbocycles. The predicted octanol–water partition coefficient (Wildman–Crippen LogP) is 1.84. The molecule has 0 amide bonds. The Morgan fingerprint density at radius 3 is 3.00 bits per heavy atom. The molecule has 0 unspecified atom stereocenters. The van der Waals surface area contributed by atoms with Crippen molar-refractivity contribution in [3.63, 3.8) is 0 Å².